The number of hydrogen-bond acceptors (Lipinski definition) is 5. The van der Waals surface area contributed by atoms with Crippen LogP contribution < -0.4 is 0 Å². The number of nitrogens with zero attached hydrogens (tertiary/aromatic N) is 2. The molecule has 1 amide bonds. The van der Waals surface area contributed by atoms with Crippen LogP contribution in [0.2, 0.25) is 0 Å². The first-order valence-electron chi connectivity index (χ1n) is 9.85. The second-order valence-electron chi connectivity index (χ2n) is 7.24. The summed E-state index contributed by atoms with van der Waals surface area (Å²) < 4.78 is 53.6. The molecular formula is C22H18F4N2O3S2. The van der Waals surface area contributed by atoms with Crippen LogP contribution in [0.3, 0.4) is 0 Å². The van der Waals surface area contributed by atoms with E-state index >= 15 is 0 Å². The highest BCUT2D eigenvalue weighted by Crippen LogP contribution is 2.35. The number of pyridine rings is 1. The van der Waals surface area contributed by atoms with Crippen molar-refractivity contribution in [2.24, 2.45) is 0 Å². The number of thioether (sulfide) groups is 1. The molecule has 0 aliphatic carbocycles. The molecule has 2 heterocycles. The highest BCUT2D eigenvalue weighted by Gasteiger charge is 2.32. The van der Waals surface area contributed by atoms with Gasteiger partial charge in [-0.1, -0.05) is 30.4 Å². The molecule has 1 aromatic carbocycles. The van der Waals surface area contributed by atoms with Gasteiger partial charge in [-0.05, 0) is 48.7 Å². The van der Waals surface area contributed by atoms with Crippen molar-refractivity contribution in [3.05, 3.63) is 58.5 Å². The first-order valence-corrected chi connectivity index (χ1v) is 11.1. The second kappa shape index (κ2) is 10.4. The zero-order chi connectivity index (χ0) is 24.2. The van der Waals surface area contributed by atoms with Crippen LogP contribution in [0.25, 0.3) is 17.2 Å². The van der Waals surface area contributed by atoms with Crippen LogP contribution in [0.4, 0.5) is 17.6 Å². The van der Waals surface area contributed by atoms with Gasteiger partial charge in [0.05, 0.1) is 10.5 Å². The Morgan fingerprint density at radius 1 is 1.18 bits per heavy atom. The maximum Gasteiger partial charge on any atom is 0.416 e. The molecule has 174 valence electrons. The van der Waals surface area contributed by atoms with E-state index in [1.807, 2.05) is 0 Å². The Morgan fingerprint density at radius 3 is 2.64 bits per heavy atom. The summed E-state index contributed by atoms with van der Waals surface area (Å²) in [5.41, 5.74) is -0.678. The number of rotatable bonds is 8. The van der Waals surface area contributed by atoms with Crippen molar-refractivity contribution in [1.29, 1.82) is 0 Å². The highest BCUT2D eigenvalue weighted by atomic mass is 32.2. The molecule has 0 unspecified atom stereocenters. The summed E-state index contributed by atoms with van der Waals surface area (Å²) in [4.78, 5) is 29.0. The lowest BCUT2D eigenvalue weighted by molar-refractivity contribution is -0.138. The number of carbonyl (C=O) groups is 2. The van der Waals surface area contributed by atoms with Crippen LogP contribution in [-0.4, -0.2) is 37.7 Å². The fourth-order valence-electron chi connectivity index (χ4n) is 3.17. The molecule has 3 rings (SSSR count). The van der Waals surface area contributed by atoms with Crippen molar-refractivity contribution < 1.29 is 32.3 Å². The van der Waals surface area contributed by atoms with Gasteiger partial charge in [-0.25, -0.2) is 4.39 Å². The zero-order valence-corrected chi connectivity index (χ0v) is 18.7. The lowest BCUT2D eigenvalue weighted by Gasteiger charge is -2.13. The van der Waals surface area contributed by atoms with Crippen molar-refractivity contribution in [3.8, 4) is 11.1 Å². The number of halogens is 4. The Balaban J connectivity index is 1.76. The third-order valence-corrected chi connectivity index (χ3v) is 6.19. The van der Waals surface area contributed by atoms with Gasteiger partial charge in [0.15, 0.2) is 0 Å². The molecule has 0 spiro atoms. The molecule has 2 aromatic rings. The summed E-state index contributed by atoms with van der Waals surface area (Å²) in [7, 11) is 0. The molecule has 5 nitrogen and oxygen atoms in total. The molecular weight excluding hydrogens is 480 g/mol. The van der Waals surface area contributed by atoms with E-state index < -0.39 is 23.5 Å². The molecule has 1 aliphatic rings. The predicted octanol–water partition coefficient (Wildman–Crippen LogP) is 5.75. The van der Waals surface area contributed by atoms with Crippen LogP contribution in [0.5, 0.6) is 0 Å². The van der Waals surface area contributed by atoms with E-state index in [-0.39, 0.29) is 23.5 Å². The van der Waals surface area contributed by atoms with Gasteiger partial charge >= 0.3 is 12.1 Å². The topological polar surface area (TPSA) is 70.5 Å². The monoisotopic (exact) mass is 498 g/mol. The van der Waals surface area contributed by atoms with E-state index in [0.717, 1.165) is 23.9 Å². The van der Waals surface area contributed by atoms with Gasteiger partial charge in [-0.2, -0.15) is 13.2 Å². The number of aliphatic carboxylic acids is 1. The molecule has 33 heavy (non-hydrogen) atoms. The number of thiocarbonyl (C=S) groups is 1. The SMILES string of the molecule is O=C(O)CCCCCN1C(=O)/C(=C/c2cncc(-c3cc(C(F)(F)F)ccc3F)c2)SC1=S. The number of hydrogen-bond donors (Lipinski definition) is 1. The maximum atomic E-state index is 14.2. The van der Waals surface area contributed by atoms with Gasteiger partial charge in [-0.3, -0.25) is 19.5 Å². The van der Waals surface area contributed by atoms with Gasteiger partial charge in [0, 0.05) is 36.5 Å². The highest BCUT2D eigenvalue weighted by molar-refractivity contribution is 8.26. The summed E-state index contributed by atoms with van der Waals surface area (Å²) in [5, 5.41) is 8.67. The summed E-state index contributed by atoms with van der Waals surface area (Å²) in [5.74, 6) is -2.01. The average molecular weight is 499 g/mol. The maximum absolute atomic E-state index is 14.2. The normalized spacial score (nSPS) is 15.5. The Kier molecular flexibility index (Phi) is 7.85. The minimum atomic E-state index is -4.62. The molecule has 1 fully saturated rings. The molecule has 1 N–H and O–H groups in total. The van der Waals surface area contributed by atoms with Gasteiger partial charge in [0.1, 0.15) is 10.1 Å². The molecule has 1 saturated heterocycles. The lowest BCUT2D eigenvalue weighted by Crippen LogP contribution is -2.29. The number of aromatic nitrogens is 1. The number of unbranched alkanes of at least 4 members (excludes halogenated alkanes) is 2. The Bertz CT molecular complexity index is 1120. The van der Waals surface area contributed by atoms with Crippen molar-refractivity contribution in [1.82, 2.24) is 9.88 Å². The van der Waals surface area contributed by atoms with Crippen molar-refractivity contribution >= 4 is 46.3 Å². The van der Waals surface area contributed by atoms with Gasteiger partial charge < -0.3 is 5.11 Å². The minimum absolute atomic E-state index is 0.0636. The second-order valence-corrected chi connectivity index (χ2v) is 8.91. The lowest BCUT2D eigenvalue weighted by atomic mass is 10.0. The summed E-state index contributed by atoms with van der Waals surface area (Å²) in [6, 6.07) is 3.60. The molecule has 1 aliphatic heterocycles. The van der Waals surface area contributed by atoms with Gasteiger partial charge in [0.25, 0.3) is 5.91 Å². The van der Waals surface area contributed by atoms with E-state index in [2.05, 4.69) is 4.98 Å². The molecule has 0 radical (unpaired) electrons. The smallest absolute Gasteiger partial charge is 0.416 e. The average Bonchev–Trinajstić information content (AvgIpc) is 3.00. The van der Waals surface area contributed by atoms with Crippen molar-refractivity contribution in [3.63, 3.8) is 0 Å². The number of benzene rings is 1. The molecule has 0 saturated carbocycles. The Morgan fingerprint density at radius 2 is 1.94 bits per heavy atom. The summed E-state index contributed by atoms with van der Waals surface area (Å²) in [6.07, 6.45) is 1.35. The minimum Gasteiger partial charge on any atom is -0.481 e. The molecule has 11 heteroatoms. The van der Waals surface area contributed by atoms with Crippen molar-refractivity contribution in [2.45, 2.75) is 31.9 Å². The zero-order valence-electron chi connectivity index (χ0n) is 17.1. The standard InChI is InChI=1S/C22H18F4N2O3S2/c23-17-6-5-15(22(24,25)26)10-16(17)14-8-13(11-27-12-14)9-18-20(31)28(21(32)33-18)7-3-1-2-4-19(29)30/h5-6,8-12H,1-4,7H2,(H,29,30)/b18-9-. The first-order chi connectivity index (χ1) is 15.6. The molecule has 0 atom stereocenters. The van der Waals surface area contributed by atoms with Crippen LogP contribution in [-0.2, 0) is 15.8 Å². The van der Waals surface area contributed by atoms with Crippen LogP contribution in [0, 0.1) is 5.82 Å². The fourth-order valence-corrected chi connectivity index (χ4v) is 4.48. The quantitative estimate of drug-likeness (QED) is 0.216. The number of carboxylic acids is 1. The van der Waals surface area contributed by atoms with Crippen molar-refractivity contribution in [2.75, 3.05) is 6.54 Å². The fraction of sp³-hybridized carbons (Fsp3) is 0.273. The number of carbonyl (C=O) groups excluding carboxylic acids is 1. The van der Waals surface area contributed by atoms with E-state index in [1.165, 1.54) is 29.4 Å². The molecule has 0 bridgehead atoms. The third kappa shape index (κ3) is 6.38. The number of carboxylic acid groups (broad SMARTS) is 1. The summed E-state index contributed by atoms with van der Waals surface area (Å²) in [6.45, 7) is 0.357. The van der Waals surface area contributed by atoms with E-state index in [9.17, 15) is 27.2 Å². The first kappa shape index (κ1) is 24.8. The number of amides is 1. The number of alkyl halides is 3. The van der Waals surface area contributed by atoms with E-state index in [0.29, 0.717) is 46.7 Å². The predicted molar refractivity (Wildman–Crippen MR) is 121 cm³/mol. The largest absolute Gasteiger partial charge is 0.481 e. The Hall–Kier alpha value is -2.79. The van der Waals surface area contributed by atoms with Crippen LogP contribution in [0.15, 0.2) is 41.6 Å². The Labute approximate surface area is 196 Å². The van der Waals surface area contributed by atoms with Gasteiger partial charge in [0.2, 0.25) is 0 Å². The van der Waals surface area contributed by atoms with E-state index in [1.54, 1.807) is 0 Å². The molecule has 1 aromatic heterocycles. The van der Waals surface area contributed by atoms with E-state index in [4.69, 9.17) is 17.3 Å². The summed E-state index contributed by atoms with van der Waals surface area (Å²) >= 11 is 6.34. The van der Waals surface area contributed by atoms with Crippen LogP contribution >= 0.6 is 24.0 Å². The third-order valence-electron chi connectivity index (χ3n) is 4.81. The van der Waals surface area contributed by atoms with Gasteiger partial charge in [-0.15, -0.1) is 0 Å². The van der Waals surface area contributed by atoms with Crippen LogP contribution in [0.1, 0.15) is 36.8 Å².